The molecule has 0 bridgehead atoms. The first-order chi connectivity index (χ1) is 17.1. The van der Waals surface area contributed by atoms with Crippen molar-refractivity contribution in [2.75, 3.05) is 11.9 Å². The molecule has 0 atom stereocenters. The van der Waals surface area contributed by atoms with Crippen LogP contribution in [0.25, 0.3) is 6.08 Å². The molecule has 3 aromatic rings. The molecule has 0 spiro atoms. The summed E-state index contributed by atoms with van der Waals surface area (Å²) in [6.45, 7) is 4.45. The predicted octanol–water partition coefficient (Wildman–Crippen LogP) is 7.30. The van der Waals surface area contributed by atoms with Crippen LogP contribution in [0.2, 0.25) is 0 Å². The largest absolute Gasteiger partial charge is 0.490 e. The van der Waals surface area contributed by atoms with E-state index in [0.29, 0.717) is 34.7 Å². The number of carbonyl (C=O) groups excluding carboxylic acids is 1. The first-order valence-corrected chi connectivity index (χ1v) is 11.6. The molecule has 0 unspecified atom stereocenters. The number of carbonyl (C=O) groups is 1. The van der Waals surface area contributed by atoms with Crippen molar-refractivity contribution < 1.29 is 27.4 Å². The van der Waals surface area contributed by atoms with Gasteiger partial charge in [0, 0.05) is 5.69 Å². The Balaban J connectivity index is 1.84. The number of halogens is 4. The molecule has 0 heterocycles. The van der Waals surface area contributed by atoms with Gasteiger partial charge in [0.15, 0.2) is 11.5 Å². The lowest BCUT2D eigenvalue weighted by Gasteiger charge is -2.15. The van der Waals surface area contributed by atoms with Crippen molar-refractivity contribution in [2.24, 2.45) is 0 Å². The van der Waals surface area contributed by atoms with Crippen LogP contribution in [-0.4, -0.2) is 12.5 Å². The number of aryl methyl sites for hydroxylation is 1. The molecule has 0 aromatic heterocycles. The van der Waals surface area contributed by atoms with E-state index in [1.165, 1.54) is 18.2 Å². The van der Waals surface area contributed by atoms with E-state index in [1.54, 1.807) is 18.2 Å². The van der Waals surface area contributed by atoms with Crippen molar-refractivity contribution in [3.8, 4) is 17.6 Å². The number of nitriles is 1. The van der Waals surface area contributed by atoms with Gasteiger partial charge in [-0.05, 0) is 77.3 Å². The molecule has 3 aromatic carbocycles. The molecule has 36 heavy (non-hydrogen) atoms. The zero-order valence-electron chi connectivity index (χ0n) is 19.4. The van der Waals surface area contributed by atoms with Crippen LogP contribution in [-0.2, 0) is 17.6 Å². The van der Waals surface area contributed by atoms with E-state index in [1.807, 2.05) is 38.1 Å². The van der Waals surface area contributed by atoms with Gasteiger partial charge < -0.3 is 14.8 Å². The molecule has 0 aliphatic rings. The van der Waals surface area contributed by atoms with E-state index in [-0.39, 0.29) is 11.3 Å². The molecule has 186 valence electrons. The first-order valence-electron chi connectivity index (χ1n) is 10.9. The van der Waals surface area contributed by atoms with Crippen molar-refractivity contribution in [3.63, 3.8) is 0 Å². The molecular weight excluding hydrogens is 537 g/mol. The average Bonchev–Trinajstić information content (AvgIpc) is 2.82. The summed E-state index contributed by atoms with van der Waals surface area (Å²) in [5.41, 5.74) is 1.26. The molecule has 0 aliphatic heterocycles. The van der Waals surface area contributed by atoms with Gasteiger partial charge in [-0.15, -0.1) is 0 Å². The summed E-state index contributed by atoms with van der Waals surface area (Å²) in [7, 11) is 0. The Hall–Kier alpha value is -3.77. The quantitative estimate of drug-likeness (QED) is 0.232. The van der Waals surface area contributed by atoms with Crippen LogP contribution in [0.15, 0.2) is 70.7 Å². The maximum absolute atomic E-state index is 13.0. The van der Waals surface area contributed by atoms with Crippen molar-refractivity contribution in [2.45, 2.75) is 26.6 Å². The fourth-order valence-electron chi connectivity index (χ4n) is 3.32. The molecule has 9 heteroatoms. The predicted molar refractivity (Wildman–Crippen MR) is 134 cm³/mol. The fourth-order valence-corrected chi connectivity index (χ4v) is 3.89. The van der Waals surface area contributed by atoms with Crippen molar-refractivity contribution in [3.05, 3.63) is 93.0 Å². The van der Waals surface area contributed by atoms with Gasteiger partial charge in [-0.2, -0.15) is 18.4 Å². The number of nitrogens with one attached hydrogen (secondary N) is 1. The highest BCUT2D eigenvalue weighted by molar-refractivity contribution is 9.10. The third-order valence-electron chi connectivity index (χ3n) is 4.92. The Morgan fingerprint density at radius 1 is 1.11 bits per heavy atom. The van der Waals surface area contributed by atoms with E-state index >= 15 is 0 Å². The zero-order chi connectivity index (χ0) is 26.3. The fraction of sp³-hybridized carbons (Fsp3) is 0.185. The Morgan fingerprint density at radius 3 is 2.53 bits per heavy atom. The van der Waals surface area contributed by atoms with Gasteiger partial charge in [0.05, 0.1) is 16.6 Å². The minimum Gasteiger partial charge on any atom is -0.490 e. The second kappa shape index (κ2) is 11.8. The van der Waals surface area contributed by atoms with Gasteiger partial charge in [-0.3, -0.25) is 4.79 Å². The molecule has 1 N–H and O–H groups in total. The van der Waals surface area contributed by atoms with Crippen LogP contribution in [0.1, 0.15) is 29.2 Å². The molecule has 0 aliphatic carbocycles. The highest BCUT2D eigenvalue weighted by Crippen LogP contribution is 2.38. The molecule has 5 nitrogen and oxygen atoms in total. The minimum absolute atomic E-state index is 0.0768. The summed E-state index contributed by atoms with van der Waals surface area (Å²) in [6.07, 6.45) is -3.24. The monoisotopic (exact) mass is 558 g/mol. The summed E-state index contributed by atoms with van der Waals surface area (Å²) in [5, 5.41) is 11.9. The second-order valence-electron chi connectivity index (χ2n) is 7.74. The van der Waals surface area contributed by atoms with Crippen LogP contribution in [0.3, 0.4) is 0 Å². The number of anilines is 1. The number of hydrogen-bond acceptors (Lipinski definition) is 4. The Morgan fingerprint density at radius 2 is 1.86 bits per heavy atom. The smallest absolute Gasteiger partial charge is 0.416 e. The molecule has 0 radical (unpaired) electrons. The highest BCUT2D eigenvalue weighted by atomic mass is 79.9. The van der Waals surface area contributed by atoms with Crippen LogP contribution >= 0.6 is 15.9 Å². The van der Waals surface area contributed by atoms with Gasteiger partial charge in [0.1, 0.15) is 18.2 Å². The third kappa shape index (κ3) is 7.12. The summed E-state index contributed by atoms with van der Waals surface area (Å²) >= 11 is 3.46. The normalized spacial score (nSPS) is 11.5. The number of amides is 1. The van der Waals surface area contributed by atoms with E-state index in [0.717, 1.165) is 23.3 Å². The SMILES string of the molecule is CCOc1cc(/C=C(/C#N)C(=O)Nc2cccc(C(F)(F)F)c2)cc(Br)c1OCc1cccc(C)c1. The van der Waals surface area contributed by atoms with Crippen molar-refractivity contribution in [1.29, 1.82) is 5.26 Å². The lowest BCUT2D eigenvalue weighted by molar-refractivity contribution is -0.137. The molecule has 0 saturated heterocycles. The number of alkyl halides is 3. The topological polar surface area (TPSA) is 71.3 Å². The van der Waals surface area contributed by atoms with E-state index in [9.17, 15) is 23.2 Å². The lowest BCUT2D eigenvalue weighted by atomic mass is 10.1. The van der Waals surface area contributed by atoms with E-state index in [2.05, 4.69) is 21.2 Å². The minimum atomic E-state index is -4.56. The number of benzene rings is 3. The Labute approximate surface area is 215 Å². The maximum atomic E-state index is 13.0. The molecule has 0 fully saturated rings. The third-order valence-corrected chi connectivity index (χ3v) is 5.51. The zero-order valence-corrected chi connectivity index (χ0v) is 21.0. The average molecular weight is 559 g/mol. The Bertz CT molecular complexity index is 1330. The summed E-state index contributed by atoms with van der Waals surface area (Å²) in [4.78, 5) is 12.6. The number of hydrogen-bond donors (Lipinski definition) is 1. The molecule has 0 saturated carbocycles. The van der Waals surface area contributed by atoms with Crippen molar-refractivity contribution >= 4 is 33.6 Å². The van der Waals surface area contributed by atoms with Crippen LogP contribution in [0.4, 0.5) is 18.9 Å². The standard InChI is InChI=1S/C27H22BrF3N2O3/c1-3-35-24-13-19(12-23(28)25(24)36-16-18-7-4-6-17(2)10-18)11-20(15-32)26(34)33-22-9-5-8-21(14-22)27(29,30)31/h4-14H,3,16H2,1-2H3,(H,33,34)/b20-11-. The lowest BCUT2D eigenvalue weighted by Crippen LogP contribution is -2.14. The number of nitrogens with zero attached hydrogens (tertiary/aromatic N) is 1. The van der Waals surface area contributed by atoms with Crippen molar-refractivity contribution in [1.82, 2.24) is 0 Å². The summed E-state index contributed by atoms with van der Waals surface area (Å²) in [6, 6.07) is 17.1. The first kappa shape index (κ1) is 26.8. The van der Waals surface area contributed by atoms with E-state index < -0.39 is 17.6 Å². The number of ether oxygens (including phenoxy) is 2. The van der Waals surface area contributed by atoms with Crippen LogP contribution in [0.5, 0.6) is 11.5 Å². The summed E-state index contributed by atoms with van der Waals surface area (Å²) in [5.74, 6) is 0.0227. The van der Waals surface area contributed by atoms with Gasteiger partial charge in [-0.1, -0.05) is 35.9 Å². The van der Waals surface area contributed by atoms with E-state index in [4.69, 9.17) is 9.47 Å². The number of rotatable bonds is 8. The van der Waals surface area contributed by atoms with Gasteiger partial charge in [-0.25, -0.2) is 0 Å². The van der Waals surface area contributed by atoms with Gasteiger partial charge in [0.25, 0.3) is 5.91 Å². The van der Waals surface area contributed by atoms with Crippen LogP contribution < -0.4 is 14.8 Å². The molecule has 1 amide bonds. The highest BCUT2D eigenvalue weighted by Gasteiger charge is 2.30. The van der Waals surface area contributed by atoms with Crippen LogP contribution in [0, 0.1) is 18.3 Å². The molecule has 3 rings (SSSR count). The maximum Gasteiger partial charge on any atom is 0.416 e. The molecular formula is C27H22BrF3N2O3. The van der Waals surface area contributed by atoms with Gasteiger partial charge in [0.2, 0.25) is 0 Å². The van der Waals surface area contributed by atoms with Gasteiger partial charge >= 0.3 is 6.18 Å². The summed E-state index contributed by atoms with van der Waals surface area (Å²) < 4.78 is 51.1. The second-order valence-corrected chi connectivity index (χ2v) is 8.60. The Kier molecular flexibility index (Phi) is 8.78.